The molecule has 1 aromatic rings. The Morgan fingerprint density at radius 1 is 1.19 bits per heavy atom. The SMILES string of the molecule is O=C(O)C1CCN(C(=O)NC2CCN(c3ccc(F)c(Cl)c3)C2=O)CC1. The van der Waals surface area contributed by atoms with Crippen LogP contribution >= 0.6 is 11.6 Å². The van der Waals surface area contributed by atoms with Crippen molar-refractivity contribution < 1.29 is 23.9 Å². The van der Waals surface area contributed by atoms with Crippen LogP contribution in [0.25, 0.3) is 0 Å². The highest BCUT2D eigenvalue weighted by atomic mass is 35.5. The number of nitrogens with one attached hydrogen (secondary N) is 1. The maximum atomic E-state index is 13.3. The number of benzene rings is 1. The Labute approximate surface area is 154 Å². The van der Waals surface area contributed by atoms with Gasteiger partial charge >= 0.3 is 12.0 Å². The summed E-state index contributed by atoms with van der Waals surface area (Å²) in [6.45, 7) is 1.09. The first-order chi connectivity index (χ1) is 12.4. The molecule has 3 amide bonds. The molecule has 0 radical (unpaired) electrons. The zero-order valence-corrected chi connectivity index (χ0v) is 14.7. The second-order valence-electron chi connectivity index (χ2n) is 6.48. The van der Waals surface area contributed by atoms with E-state index in [4.69, 9.17) is 16.7 Å². The molecule has 0 aliphatic carbocycles. The predicted octanol–water partition coefficient (Wildman–Crippen LogP) is 2.09. The van der Waals surface area contributed by atoms with Crippen molar-refractivity contribution in [3.05, 3.63) is 29.0 Å². The number of anilines is 1. The van der Waals surface area contributed by atoms with E-state index in [0.29, 0.717) is 44.6 Å². The van der Waals surface area contributed by atoms with Crippen LogP contribution in [-0.4, -0.2) is 53.6 Å². The molecule has 2 aliphatic heterocycles. The zero-order valence-electron chi connectivity index (χ0n) is 14.0. The number of hydrogen-bond acceptors (Lipinski definition) is 3. The Balaban J connectivity index is 1.58. The van der Waals surface area contributed by atoms with Crippen molar-refractivity contribution in [1.29, 1.82) is 0 Å². The minimum atomic E-state index is -0.843. The quantitative estimate of drug-likeness (QED) is 0.836. The number of aliphatic carboxylic acids is 1. The molecule has 7 nitrogen and oxygen atoms in total. The summed E-state index contributed by atoms with van der Waals surface area (Å²) >= 11 is 5.77. The lowest BCUT2D eigenvalue weighted by atomic mass is 9.97. The number of carboxylic acids is 1. The van der Waals surface area contributed by atoms with Crippen LogP contribution in [0.5, 0.6) is 0 Å². The van der Waals surface area contributed by atoms with Crippen LogP contribution in [0.2, 0.25) is 5.02 Å². The van der Waals surface area contributed by atoms with E-state index in [2.05, 4.69) is 5.32 Å². The minimum Gasteiger partial charge on any atom is -0.481 e. The zero-order chi connectivity index (χ0) is 18.8. The van der Waals surface area contributed by atoms with Gasteiger partial charge in [-0.3, -0.25) is 9.59 Å². The molecule has 2 N–H and O–H groups in total. The molecule has 1 unspecified atom stereocenters. The smallest absolute Gasteiger partial charge is 0.318 e. The number of nitrogens with zero attached hydrogens (tertiary/aromatic N) is 2. The van der Waals surface area contributed by atoms with Crippen LogP contribution in [0, 0.1) is 11.7 Å². The van der Waals surface area contributed by atoms with Crippen LogP contribution in [0.1, 0.15) is 19.3 Å². The van der Waals surface area contributed by atoms with Gasteiger partial charge in [0.15, 0.2) is 0 Å². The van der Waals surface area contributed by atoms with Crippen LogP contribution < -0.4 is 10.2 Å². The number of hydrogen-bond donors (Lipinski definition) is 2. The molecule has 0 spiro atoms. The highest BCUT2D eigenvalue weighted by Gasteiger charge is 2.35. The molecule has 1 aromatic carbocycles. The van der Waals surface area contributed by atoms with E-state index >= 15 is 0 Å². The number of carboxylic acid groups (broad SMARTS) is 1. The van der Waals surface area contributed by atoms with Crippen molar-refractivity contribution in [1.82, 2.24) is 10.2 Å². The van der Waals surface area contributed by atoms with Gasteiger partial charge in [-0.05, 0) is 37.5 Å². The maximum absolute atomic E-state index is 13.3. The topological polar surface area (TPSA) is 89.9 Å². The van der Waals surface area contributed by atoms with E-state index in [1.807, 2.05) is 0 Å². The normalized spacial score (nSPS) is 21.2. The molecule has 26 heavy (non-hydrogen) atoms. The van der Waals surface area contributed by atoms with Gasteiger partial charge in [0.25, 0.3) is 0 Å². The number of carbonyl (C=O) groups is 3. The third kappa shape index (κ3) is 3.75. The highest BCUT2D eigenvalue weighted by molar-refractivity contribution is 6.31. The van der Waals surface area contributed by atoms with Crippen molar-refractivity contribution in [2.75, 3.05) is 24.5 Å². The van der Waals surface area contributed by atoms with E-state index in [1.165, 1.54) is 28.0 Å². The third-order valence-corrected chi connectivity index (χ3v) is 5.14. The molecule has 2 aliphatic rings. The molecule has 2 saturated heterocycles. The second kappa shape index (κ2) is 7.49. The molecule has 9 heteroatoms. The van der Waals surface area contributed by atoms with Crippen LogP contribution in [0.3, 0.4) is 0 Å². The molecule has 0 saturated carbocycles. The summed E-state index contributed by atoms with van der Waals surface area (Å²) in [7, 11) is 0. The largest absolute Gasteiger partial charge is 0.481 e. The molecule has 140 valence electrons. The highest BCUT2D eigenvalue weighted by Crippen LogP contribution is 2.26. The van der Waals surface area contributed by atoms with Gasteiger partial charge in [-0.2, -0.15) is 0 Å². The van der Waals surface area contributed by atoms with Gasteiger partial charge in [0, 0.05) is 25.3 Å². The van der Waals surface area contributed by atoms with Crippen molar-refractivity contribution in [3.63, 3.8) is 0 Å². The van der Waals surface area contributed by atoms with Crippen LogP contribution in [0.4, 0.5) is 14.9 Å². The van der Waals surface area contributed by atoms with Crippen molar-refractivity contribution in [2.45, 2.75) is 25.3 Å². The van der Waals surface area contributed by atoms with Gasteiger partial charge < -0.3 is 20.2 Å². The summed E-state index contributed by atoms with van der Waals surface area (Å²) in [4.78, 5) is 38.8. The number of rotatable bonds is 3. The number of likely N-dealkylation sites (tertiary alicyclic amines) is 1. The Hall–Kier alpha value is -2.35. The molecule has 2 heterocycles. The first kappa shape index (κ1) is 18.4. The monoisotopic (exact) mass is 383 g/mol. The fraction of sp³-hybridized carbons (Fsp3) is 0.471. The first-order valence-electron chi connectivity index (χ1n) is 8.41. The van der Waals surface area contributed by atoms with Crippen molar-refractivity contribution >= 4 is 35.2 Å². The lowest BCUT2D eigenvalue weighted by Gasteiger charge is -2.31. The van der Waals surface area contributed by atoms with Gasteiger partial charge in [0.2, 0.25) is 5.91 Å². The lowest BCUT2D eigenvalue weighted by molar-refractivity contribution is -0.143. The number of amides is 3. The van der Waals surface area contributed by atoms with Crippen LogP contribution in [-0.2, 0) is 9.59 Å². The Kier molecular flexibility index (Phi) is 5.31. The summed E-state index contributed by atoms with van der Waals surface area (Å²) < 4.78 is 13.3. The lowest BCUT2D eigenvalue weighted by Crippen LogP contribution is -2.50. The molecule has 0 aromatic heterocycles. The average Bonchev–Trinajstić information content (AvgIpc) is 2.98. The fourth-order valence-electron chi connectivity index (χ4n) is 3.29. The standard InChI is InChI=1S/C17H19ClFN3O4/c18-12-9-11(1-2-13(12)19)22-8-5-14(15(22)23)20-17(26)21-6-3-10(4-7-21)16(24)25/h1-2,9-10,14H,3-8H2,(H,20,26)(H,24,25). The number of urea groups is 1. The van der Waals surface area contributed by atoms with Gasteiger partial charge in [-0.25, -0.2) is 9.18 Å². The number of piperidine rings is 1. The molecule has 1 atom stereocenters. The van der Waals surface area contributed by atoms with Crippen molar-refractivity contribution in [3.8, 4) is 0 Å². The summed E-state index contributed by atoms with van der Waals surface area (Å²) in [5.74, 6) is -2.10. The van der Waals surface area contributed by atoms with E-state index in [0.717, 1.165) is 0 Å². The summed E-state index contributed by atoms with van der Waals surface area (Å²) in [6, 6.07) is 3.02. The minimum absolute atomic E-state index is 0.0657. The maximum Gasteiger partial charge on any atom is 0.318 e. The molecular weight excluding hydrogens is 365 g/mol. The van der Waals surface area contributed by atoms with E-state index < -0.39 is 23.7 Å². The van der Waals surface area contributed by atoms with Gasteiger partial charge in [0.05, 0.1) is 10.9 Å². The third-order valence-electron chi connectivity index (χ3n) is 4.85. The number of halogens is 2. The summed E-state index contributed by atoms with van der Waals surface area (Å²) in [5.41, 5.74) is 0.487. The molecule has 0 bridgehead atoms. The van der Waals surface area contributed by atoms with Gasteiger partial charge in [-0.1, -0.05) is 11.6 Å². The Bertz CT molecular complexity index is 737. The molecule has 2 fully saturated rings. The molecule has 3 rings (SSSR count). The van der Waals surface area contributed by atoms with E-state index in [9.17, 15) is 18.8 Å². The van der Waals surface area contributed by atoms with Crippen molar-refractivity contribution in [2.24, 2.45) is 5.92 Å². The molecular formula is C17H19ClFN3O4. The summed E-state index contributed by atoms with van der Waals surface area (Å²) in [5, 5.41) is 11.6. The predicted molar refractivity (Wildman–Crippen MR) is 92.6 cm³/mol. The Morgan fingerprint density at radius 3 is 2.50 bits per heavy atom. The summed E-state index contributed by atoms with van der Waals surface area (Å²) in [6.07, 6.45) is 1.24. The van der Waals surface area contributed by atoms with Gasteiger partial charge in [-0.15, -0.1) is 0 Å². The van der Waals surface area contributed by atoms with Gasteiger partial charge in [0.1, 0.15) is 11.9 Å². The van der Waals surface area contributed by atoms with Crippen LogP contribution in [0.15, 0.2) is 18.2 Å². The average molecular weight is 384 g/mol. The van der Waals surface area contributed by atoms with E-state index in [1.54, 1.807) is 0 Å². The first-order valence-corrected chi connectivity index (χ1v) is 8.79. The van der Waals surface area contributed by atoms with E-state index in [-0.39, 0.29) is 17.0 Å². The second-order valence-corrected chi connectivity index (χ2v) is 6.89. The number of carbonyl (C=O) groups excluding carboxylic acids is 2. The Morgan fingerprint density at radius 2 is 1.88 bits per heavy atom. The fourth-order valence-corrected chi connectivity index (χ4v) is 3.47.